The lowest BCUT2D eigenvalue weighted by Gasteiger charge is -2.27. The average molecular weight is 284 g/mol. The number of carbonyl (C=O) groups excluding carboxylic acids is 1. The summed E-state index contributed by atoms with van der Waals surface area (Å²) in [6, 6.07) is 4.51. The standard InChI is InChI=1S/C14H18ClNO3/c1-16(9-11-4-2-3-7-19-11)14(18)12-6-5-10(15)8-13(12)17/h5-6,8,11,17H,2-4,7,9H2,1H3. The van der Waals surface area contributed by atoms with E-state index >= 15 is 0 Å². The lowest BCUT2D eigenvalue weighted by atomic mass is 10.1. The Bertz CT molecular complexity index is 458. The van der Waals surface area contributed by atoms with Gasteiger partial charge in [-0.2, -0.15) is 0 Å². The van der Waals surface area contributed by atoms with Crippen molar-refractivity contribution in [2.75, 3.05) is 20.2 Å². The largest absolute Gasteiger partial charge is 0.507 e. The van der Waals surface area contributed by atoms with Gasteiger partial charge in [0.25, 0.3) is 5.91 Å². The van der Waals surface area contributed by atoms with Gasteiger partial charge in [-0.05, 0) is 37.5 Å². The van der Waals surface area contributed by atoms with E-state index in [4.69, 9.17) is 16.3 Å². The van der Waals surface area contributed by atoms with Crippen LogP contribution in [0, 0.1) is 0 Å². The van der Waals surface area contributed by atoms with E-state index in [-0.39, 0.29) is 23.3 Å². The van der Waals surface area contributed by atoms with E-state index in [1.807, 2.05) is 0 Å². The van der Waals surface area contributed by atoms with Crippen LogP contribution in [-0.4, -0.2) is 42.2 Å². The number of likely N-dealkylation sites (N-methyl/N-ethyl adjacent to an activating group) is 1. The monoisotopic (exact) mass is 283 g/mol. The maximum absolute atomic E-state index is 12.2. The Balaban J connectivity index is 2.01. The van der Waals surface area contributed by atoms with Crippen LogP contribution >= 0.6 is 11.6 Å². The molecule has 19 heavy (non-hydrogen) atoms. The molecule has 1 saturated heterocycles. The third-order valence-electron chi connectivity index (χ3n) is 3.29. The van der Waals surface area contributed by atoms with Crippen LogP contribution in [0.5, 0.6) is 5.75 Å². The molecule has 0 aliphatic carbocycles. The van der Waals surface area contributed by atoms with E-state index in [0.29, 0.717) is 11.6 Å². The highest BCUT2D eigenvalue weighted by atomic mass is 35.5. The molecule has 1 unspecified atom stereocenters. The van der Waals surface area contributed by atoms with Gasteiger partial charge in [0.15, 0.2) is 0 Å². The second kappa shape index (κ2) is 6.26. The highest BCUT2D eigenvalue weighted by Crippen LogP contribution is 2.23. The van der Waals surface area contributed by atoms with E-state index in [9.17, 15) is 9.90 Å². The lowest BCUT2D eigenvalue weighted by molar-refractivity contribution is -0.000239. The SMILES string of the molecule is CN(CC1CCCCO1)C(=O)c1ccc(Cl)cc1O. The molecule has 0 bridgehead atoms. The number of benzene rings is 1. The van der Waals surface area contributed by atoms with Crippen LogP contribution in [0.1, 0.15) is 29.6 Å². The first-order valence-electron chi connectivity index (χ1n) is 6.43. The predicted octanol–water partition coefficient (Wildman–Crippen LogP) is 2.69. The fraction of sp³-hybridized carbons (Fsp3) is 0.500. The van der Waals surface area contributed by atoms with E-state index < -0.39 is 0 Å². The number of hydrogen-bond donors (Lipinski definition) is 1. The van der Waals surface area contributed by atoms with Crippen molar-refractivity contribution < 1.29 is 14.6 Å². The number of phenols is 1. The first-order valence-corrected chi connectivity index (χ1v) is 6.81. The summed E-state index contributed by atoms with van der Waals surface area (Å²) >= 11 is 5.75. The van der Waals surface area contributed by atoms with E-state index in [0.717, 1.165) is 25.9 Å². The number of carbonyl (C=O) groups is 1. The van der Waals surface area contributed by atoms with Crippen molar-refractivity contribution in [2.24, 2.45) is 0 Å². The number of phenolic OH excluding ortho intramolecular Hbond substituents is 1. The summed E-state index contributed by atoms with van der Waals surface area (Å²) in [4.78, 5) is 13.8. The number of ether oxygens (including phenoxy) is 1. The van der Waals surface area contributed by atoms with Crippen LogP contribution in [0.15, 0.2) is 18.2 Å². The summed E-state index contributed by atoms with van der Waals surface area (Å²) in [7, 11) is 1.72. The van der Waals surface area contributed by atoms with E-state index in [1.165, 1.54) is 12.1 Å². The van der Waals surface area contributed by atoms with Crippen molar-refractivity contribution in [3.8, 4) is 5.75 Å². The molecule has 1 N–H and O–H groups in total. The first-order chi connectivity index (χ1) is 9.08. The minimum Gasteiger partial charge on any atom is -0.507 e. The normalized spacial score (nSPS) is 19.2. The van der Waals surface area contributed by atoms with Gasteiger partial charge in [-0.25, -0.2) is 0 Å². The predicted molar refractivity (Wildman–Crippen MR) is 73.7 cm³/mol. The van der Waals surface area contributed by atoms with Crippen LogP contribution < -0.4 is 0 Å². The van der Waals surface area contributed by atoms with Gasteiger partial charge in [0.1, 0.15) is 5.75 Å². The molecule has 1 heterocycles. The van der Waals surface area contributed by atoms with Gasteiger partial charge in [0.2, 0.25) is 0 Å². The zero-order valence-electron chi connectivity index (χ0n) is 10.9. The Morgan fingerprint density at radius 1 is 1.53 bits per heavy atom. The third-order valence-corrected chi connectivity index (χ3v) is 3.52. The molecule has 4 nitrogen and oxygen atoms in total. The Kier molecular flexibility index (Phi) is 4.66. The highest BCUT2D eigenvalue weighted by molar-refractivity contribution is 6.30. The zero-order valence-corrected chi connectivity index (χ0v) is 11.7. The van der Waals surface area contributed by atoms with Gasteiger partial charge in [-0.3, -0.25) is 4.79 Å². The number of nitrogens with zero attached hydrogens (tertiary/aromatic N) is 1. The number of amides is 1. The second-order valence-corrected chi connectivity index (χ2v) is 5.27. The molecular weight excluding hydrogens is 266 g/mol. The summed E-state index contributed by atoms with van der Waals surface area (Å²) in [5.74, 6) is -0.308. The van der Waals surface area contributed by atoms with Crippen molar-refractivity contribution in [3.05, 3.63) is 28.8 Å². The van der Waals surface area contributed by atoms with Gasteiger partial charge in [-0.1, -0.05) is 11.6 Å². The topological polar surface area (TPSA) is 49.8 Å². The fourth-order valence-electron chi connectivity index (χ4n) is 2.23. The minimum atomic E-state index is -0.219. The molecule has 0 aromatic heterocycles. The molecule has 1 aliphatic rings. The van der Waals surface area contributed by atoms with Gasteiger partial charge >= 0.3 is 0 Å². The molecule has 1 aliphatic heterocycles. The van der Waals surface area contributed by atoms with Crippen LogP contribution in [-0.2, 0) is 4.74 Å². The summed E-state index contributed by atoms with van der Waals surface area (Å²) in [5, 5.41) is 10.2. The quantitative estimate of drug-likeness (QED) is 0.928. The van der Waals surface area contributed by atoms with Crippen LogP contribution in [0.2, 0.25) is 5.02 Å². The molecule has 104 valence electrons. The summed E-state index contributed by atoms with van der Waals surface area (Å²) in [6.45, 7) is 1.31. The first kappa shape index (κ1) is 14.2. The molecule has 1 aromatic carbocycles. The van der Waals surface area contributed by atoms with Crippen LogP contribution in [0.3, 0.4) is 0 Å². The van der Waals surface area contributed by atoms with Crippen molar-refractivity contribution >= 4 is 17.5 Å². The molecule has 1 aromatic rings. The number of hydrogen-bond acceptors (Lipinski definition) is 3. The molecule has 1 amide bonds. The van der Waals surface area contributed by atoms with Gasteiger partial charge < -0.3 is 14.7 Å². The van der Waals surface area contributed by atoms with Crippen molar-refractivity contribution in [1.82, 2.24) is 4.90 Å². The van der Waals surface area contributed by atoms with Crippen LogP contribution in [0.4, 0.5) is 0 Å². The summed E-state index contributed by atoms with van der Waals surface area (Å²) in [6.07, 6.45) is 3.30. The fourth-order valence-corrected chi connectivity index (χ4v) is 2.40. The average Bonchev–Trinajstić information content (AvgIpc) is 2.39. The number of halogens is 1. The maximum atomic E-state index is 12.2. The van der Waals surface area contributed by atoms with Gasteiger partial charge in [0.05, 0.1) is 11.7 Å². The van der Waals surface area contributed by atoms with Crippen LogP contribution in [0.25, 0.3) is 0 Å². The Hall–Kier alpha value is -1.26. The molecule has 5 heteroatoms. The molecule has 0 saturated carbocycles. The van der Waals surface area contributed by atoms with Crippen molar-refractivity contribution in [1.29, 1.82) is 0 Å². The molecule has 1 fully saturated rings. The van der Waals surface area contributed by atoms with Gasteiger partial charge in [-0.15, -0.1) is 0 Å². The second-order valence-electron chi connectivity index (χ2n) is 4.84. The summed E-state index contributed by atoms with van der Waals surface area (Å²) in [5.41, 5.74) is 0.266. The number of rotatable bonds is 3. The third kappa shape index (κ3) is 3.61. The lowest BCUT2D eigenvalue weighted by Crippen LogP contribution is -2.37. The van der Waals surface area contributed by atoms with E-state index in [1.54, 1.807) is 18.0 Å². The minimum absolute atomic E-state index is 0.0890. The Morgan fingerprint density at radius 2 is 2.32 bits per heavy atom. The molecule has 0 spiro atoms. The molecular formula is C14H18ClNO3. The smallest absolute Gasteiger partial charge is 0.257 e. The molecule has 0 radical (unpaired) electrons. The van der Waals surface area contributed by atoms with Crippen molar-refractivity contribution in [2.45, 2.75) is 25.4 Å². The van der Waals surface area contributed by atoms with Gasteiger partial charge in [0, 0.05) is 25.2 Å². The molecule has 2 rings (SSSR count). The summed E-state index contributed by atoms with van der Waals surface area (Å²) < 4.78 is 5.61. The maximum Gasteiger partial charge on any atom is 0.257 e. The van der Waals surface area contributed by atoms with Crippen molar-refractivity contribution in [3.63, 3.8) is 0 Å². The Labute approximate surface area is 117 Å². The highest BCUT2D eigenvalue weighted by Gasteiger charge is 2.21. The number of aromatic hydroxyl groups is 1. The molecule has 1 atom stereocenters. The zero-order chi connectivity index (χ0) is 13.8. The van der Waals surface area contributed by atoms with E-state index in [2.05, 4.69) is 0 Å². The Morgan fingerprint density at radius 3 is 2.95 bits per heavy atom.